The zero-order valence-electron chi connectivity index (χ0n) is 12.5. The molecule has 3 heterocycles. The van der Waals surface area contributed by atoms with Gasteiger partial charge in [0.05, 0.1) is 18.7 Å². The van der Waals surface area contributed by atoms with Gasteiger partial charge in [-0.25, -0.2) is 8.78 Å². The fraction of sp³-hybridized carbons (Fsp3) is 0.933. The number of ether oxygens (including phenoxy) is 1. The summed E-state index contributed by atoms with van der Waals surface area (Å²) < 4.78 is 32.6. The predicted octanol–water partition coefficient (Wildman–Crippen LogP) is 1.89. The van der Waals surface area contributed by atoms with Crippen LogP contribution in [0.3, 0.4) is 0 Å². The average molecular weight is 302 g/mol. The Kier molecular flexibility index (Phi) is 4.19. The van der Waals surface area contributed by atoms with E-state index in [1.54, 1.807) is 4.90 Å². The van der Waals surface area contributed by atoms with Gasteiger partial charge in [0.15, 0.2) is 0 Å². The van der Waals surface area contributed by atoms with E-state index in [2.05, 4.69) is 0 Å². The third-order valence-corrected chi connectivity index (χ3v) is 5.04. The summed E-state index contributed by atoms with van der Waals surface area (Å²) in [7, 11) is 0. The van der Waals surface area contributed by atoms with Crippen LogP contribution in [0, 0.1) is 0 Å². The maximum Gasteiger partial charge on any atom is 0.260 e. The van der Waals surface area contributed by atoms with E-state index in [4.69, 9.17) is 4.74 Å². The van der Waals surface area contributed by atoms with Crippen molar-refractivity contribution < 1.29 is 18.3 Å². The van der Waals surface area contributed by atoms with Gasteiger partial charge in [0.25, 0.3) is 5.92 Å². The number of amides is 1. The van der Waals surface area contributed by atoms with Gasteiger partial charge in [-0.3, -0.25) is 9.69 Å². The first-order valence-corrected chi connectivity index (χ1v) is 8.00. The molecule has 0 aromatic carbocycles. The Balaban J connectivity index is 1.48. The molecule has 3 aliphatic heterocycles. The summed E-state index contributed by atoms with van der Waals surface area (Å²) in [6.07, 6.45) is 4.38. The van der Waals surface area contributed by atoms with Crippen LogP contribution in [-0.2, 0) is 9.53 Å². The number of carbonyl (C=O) groups excluding carboxylic acids is 1. The van der Waals surface area contributed by atoms with Gasteiger partial charge in [0.2, 0.25) is 5.91 Å². The second-order valence-electron chi connectivity index (χ2n) is 6.69. The van der Waals surface area contributed by atoms with Crippen LogP contribution in [0.25, 0.3) is 0 Å². The number of likely N-dealkylation sites (tertiary alicyclic amines) is 2. The quantitative estimate of drug-likeness (QED) is 0.781. The lowest BCUT2D eigenvalue weighted by Gasteiger charge is -2.40. The first kappa shape index (κ1) is 15.2. The summed E-state index contributed by atoms with van der Waals surface area (Å²) in [6, 6.07) is 0. The molecule has 1 amide bonds. The molecule has 3 rings (SSSR count). The van der Waals surface area contributed by atoms with E-state index in [0.29, 0.717) is 26.1 Å². The molecule has 0 N–H and O–H groups in total. The van der Waals surface area contributed by atoms with Gasteiger partial charge in [-0.05, 0) is 38.6 Å². The zero-order chi connectivity index (χ0) is 14.9. The number of carbonyl (C=O) groups is 1. The lowest BCUT2D eigenvalue weighted by atomic mass is 9.88. The molecule has 0 aromatic rings. The number of piperidine rings is 2. The normalized spacial score (nSPS) is 29.0. The van der Waals surface area contributed by atoms with Gasteiger partial charge in [-0.1, -0.05) is 0 Å². The fourth-order valence-corrected chi connectivity index (χ4v) is 3.79. The first-order chi connectivity index (χ1) is 9.98. The van der Waals surface area contributed by atoms with Crippen molar-refractivity contribution in [2.75, 3.05) is 39.3 Å². The topological polar surface area (TPSA) is 32.8 Å². The summed E-state index contributed by atoms with van der Waals surface area (Å²) in [5.74, 6) is -2.65. The van der Waals surface area contributed by atoms with E-state index in [9.17, 15) is 13.6 Å². The van der Waals surface area contributed by atoms with Crippen molar-refractivity contribution in [2.45, 2.75) is 50.0 Å². The van der Waals surface area contributed by atoms with Crippen LogP contribution in [0.2, 0.25) is 0 Å². The van der Waals surface area contributed by atoms with Crippen molar-refractivity contribution in [2.24, 2.45) is 0 Å². The second-order valence-corrected chi connectivity index (χ2v) is 6.69. The SMILES string of the molecule is O=C(CN1CCCC(F)(F)C1)N1CCC2(CCCO2)CC1. The van der Waals surface area contributed by atoms with Crippen LogP contribution in [0.15, 0.2) is 0 Å². The van der Waals surface area contributed by atoms with Crippen molar-refractivity contribution in [1.82, 2.24) is 9.80 Å². The molecule has 3 saturated heterocycles. The van der Waals surface area contributed by atoms with Crippen molar-refractivity contribution >= 4 is 5.91 Å². The predicted molar refractivity (Wildman–Crippen MR) is 74.4 cm³/mol. The first-order valence-electron chi connectivity index (χ1n) is 8.00. The Morgan fingerprint density at radius 1 is 1.05 bits per heavy atom. The number of nitrogens with zero attached hydrogens (tertiary/aromatic N) is 2. The van der Waals surface area contributed by atoms with E-state index in [1.807, 2.05) is 4.90 Å². The summed E-state index contributed by atoms with van der Waals surface area (Å²) in [4.78, 5) is 15.7. The highest BCUT2D eigenvalue weighted by Gasteiger charge is 2.40. The molecular weight excluding hydrogens is 278 g/mol. The minimum absolute atomic E-state index is 0.00502. The highest BCUT2D eigenvalue weighted by Crippen LogP contribution is 2.35. The Bertz CT molecular complexity index is 387. The van der Waals surface area contributed by atoms with Crippen molar-refractivity contribution in [3.8, 4) is 0 Å². The van der Waals surface area contributed by atoms with Crippen LogP contribution in [0.1, 0.15) is 38.5 Å². The lowest BCUT2D eigenvalue weighted by Crippen LogP contribution is -2.51. The van der Waals surface area contributed by atoms with Gasteiger partial charge in [0.1, 0.15) is 0 Å². The second kappa shape index (κ2) is 5.80. The molecule has 3 fully saturated rings. The molecule has 0 aliphatic carbocycles. The molecule has 0 aromatic heterocycles. The summed E-state index contributed by atoms with van der Waals surface area (Å²) in [5, 5.41) is 0. The van der Waals surface area contributed by atoms with Gasteiger partial charge in [0, 0.05) is 26.1 Å². The summed E-state index contributed by atoms with van der Waals surface area (Å²) >= 11 is 0. The number of hydrogen-bond acceptors (Lipinski definition) is 3. The van der Waals surface area contributed by atoms with E-state index >= 15 is 0 Å². The highest BCUT2D eigenvalue weighted by molar-refractivity contribution is 5.78. The molecule has 0 atom stereocenters. The number of alkyl halides is 2. The minimum atomic E-state index is -2.64. The van der Waals surface area contributed by atoms with E-state index in [1.165, 1.54) is 0 Å². The van der Waals surface area contributed by atoms with Crippen LogP contribution in [0.5, 0.6) is 0 Å². The van der Waals surface area contributed by atoms with Gasteiger partial charge in [-0.2, -0.15) is 0 Å². The third-order valence-electron chi connectivity index (χ3n) is 5.04. The lowest BCUT2D eigenvalue weighted by molar-refractivity contribution is -0.139. The summed E-state index contributed by atoms with van der Waals surface area (Å²) in [5.41, 5.74) is -0.00502. The number of halogens is 2. The molecule has 0 radical (unpaired) electrons. The van der Waals surface area contributed by atoms with Crippen LogP contribution < -0.4 is 0 Å². The Labute approximate surface area is 124 Å². The van der Waals surface area contributed by atoms with E-state index in [0.717, 1.165) is 32.3 Å². The van der Waals surface area contributed by atoms with E-state index < -0.39 is 5.92 Å². The molecule has 0 saturated carbocycles. The van der Waals surface area contributed by atoms with E-state index in [-0.39, 0.29) is 31.0 Å². The molecule has 4 nitrogen and oxygen atoms in total. The fourth-order valence-electron chi connectivity index (χ4n) is 3.79. The molecule has 0 bridgehead atoms. The van der Waals surface area contributed by atoms with Gasteiger partial charge in [-0.15, -0.1) is 0 Å². The third kappa shape index (κ3) is 3.54. The molecule has 3 aliphatic rings. The van der Waals surface area contributed by atoms with Crippen LogP contribution in [0.4, 0.5) is 8.78 Å². The summed E-state index contributed by atoms with van der Waals surface area (Å²) in [6.45, 7) is 2.67. The molecule has 6 heteroatoms. The van der Waals surface area contributed by atoms with Crippen molar-refractivity contribution in [1.29, 1.82) is 0 Å². The maximum absolute atomic E-state index is 13.4. The zero-order valence-corrected chi connectivity index (χ0v) is 12.5. The Morgan fingerprint density at radius 2 is 1.81 bits per heavy atom. The van der Waals surface area contributed by atoms with Crippen LogP contribution in [-0.4, -0.2) is 66.6 Å². The average Bonchev–Trinajstić information content (AvgIpc) is 2.86. The van der Waals surface area contributed by atoms with Crippen molar-refractivity contribution in [3.05, 3.63) is 0 Å². The molecule has 0 unspecified atom stereocenters. The maximum atomic E-state index is 13.4. The standard InChI is InChI=1S/C15H24F2N2O2/c16-15(17)4-1-7-18(12-15)11-13(20)19-8-5-14(6-9-19)3-2-10-21-14/h1-12H2. The Morgan fingerprint density at radius 3 is 2.43 bits per heavy atom. The number of rotatable bonds is 2. The smallest absolute Gasteiger partial charge is 0.260 e. The molecule has 21 heavy (non-hydrogen) atoms. The molecule has 120 valence electrons. The van der Waals surface area contributed by atoms with Crippen LogP contribution >= 0.6 is 0 Å². The largest absolute Gasteiger partial charge is 0.375 e. The van der Waals surface area contributed by atoms with Gasteiger partial charge < -0.3 is 9.64 Å². The highest BCUT2D eigenvalue weighted by atomic mass is 19.3. The molecule has 1 spiro atoms. The Hall–Kier alpha value is -0.750. The van der Waals surface area contributed by atoms with Crippen molar-refractivity contribution in [3.63, 3.8) is 0 Å². The van der Waals surface area contributed by atoms with Gasteiger partial charge >= 0.3 is 0 Å². The molecular formula is C15H24F2N2O2. The monoisotopic (exact) mass is 302 g/mol. The number of hydrogen-bond donors (Lipinski definition) is 0. The minimum Gasteiger partial charge on any atom is -0.375 e.